The molecule has 0 radical (unpaired) electrons. The van der Waals surface area contributed by atoms with E-state index in [1.807, 2.05) is 6.92 Å². The molecular weight excluding hydrogens is 295 g/mol. The van der Waals surface area contributed by atoms with Crippen LogP contribution < -0.4 is 45.3 Å². The molecule has 0 aliphatic heterocycles. The molecule has 6 nitrogen and oxygen atoms in total. The minimum absolute atomic E-state index is 0. The fraction of sp³-hybridized carbons (Fsp3) is 0.400. The van der Waals surface area contributed by atoms with Gasteiger partial charge in [-0.1, -0.05) is 11.6 Å². The molecule has 112 valence electrons. The number of carboxylic acid groups (broad SMARTS) is 1. The first-order valence-electron chi connectivity index (χ1n) is 6.76. The Labute approximate surface area is 151 Å². The molecule has 0 aromatic heterocycles. The van der Waals surface area contributed by atoms with Gasteiger partial charge in [-0.25, -0.2) is 0 Å². The van der Waals surface area contributed by atoms with Gasteiger partial charge in [-0.05, 0) is 31.9 Å². The van der Waals surface area contributed by atoms with Crippen LogP contribution in [0.5, 0.6) is 0 Å². The number of amides is 2. The summed E-state index contributed by atoms with van der Waals surface area (Å²) in [5.41, 5.74) is 1.73. The van der Waals surface area contributed by atoms with Gasteiger partial charge in [0.25, 0.3) is 5.91 Å². The average Bonchev–Trinajstić information content (AvgIpc) is 2.37. The van der Waals surface area contributed by atoms with E-state index >= 15 is 0 Å². The zero-order valence-corrected chi connectivity index (χ0v) is 14.9. The van der Waals surface area contributed by atoms with Gasteiger partial charge < -0.3 is 20.5 Å². The summed E-state index contributed by atoms with van der Waals surface area (Å²) in [4.78, 5) is 34.5. The molecule has 0 atom stereocenters. The molecule has 1 aliphatic carbocycles. The number of carbonyl (C=O) groups excluding carboxylic acids is 3. The van der Waals surface area contributed by atoms with Gasteiger partial charge in [0, 0.05) is 24.9 Å². The summed E-state index contributed by atoms with van der Waals surface area (Å²) >= 11 is 0. The molecular formula is C15H17N2NaO4. The van der Waals surface area contributed by atoms with Crippen molar-refractivity contribution >= 4 is 23.5 Å². The third kappa shape index (κ3) is 4.09. The summed E-state index contributed by atoms with van der Waals surface area (Å²) in [5.74, 6) is -2.54. The van der Waals surface area contributed by atoms with Crippen molar-refractivity contribution in [3.05, 3.63) is 29.3 Å². The van der Waals surface area contributed by atoms with Crippen LogP contribution in [0.3, 0.4) is 0 Å². The van der Waals surface area contributed by atoms with E-state index in [1.54, 1.807) is 18.2 Å². The Bertz CT molecular complexity index is 597. The molecule has 1 aromatic carbocycles. The van der Waals surface area contributed by atoms with Crippen LogP contribution in [0.15, 0.2) is 18.2 Å². The van der Waals surface area contributed by atoms with E-state index in [0.29, 0.717) is 11.3 Å². The van der Waals surface area contributed by atoms with E-state index in [2.05, 4.69) is 10.6 Å². The molecule has 0 saturated heterocycles. The number of aryl methyl sites for hydroxylation is 1. The summed E-state index contributed by atoms with van der Waals surface area (Å²) in [6.45, 7) is 1.86. The molecule has 1 saturated carbocycles. The Balaban J connectivity index is 0.00000242. The molecule has 1 aliphatic rings. The number of benzene rings is 1. The second kappa shape index (κ2) is 7.76. The van der Waals surface area contributed by atoms with Gasteiger partial charge in [-0.2, -0.15) is 0 Å². The number of anilines is 1. The molecule has 22 heavy (non-hydrogen) atoms. The number of carboxylic acids is 1. The second-order valence-corrected chi connectivity index (χ2v) is 5.30. The monoisotopic (exact) mass is 312 g/mol. The first-order chi connectivity index (χ1) is 9.92. The largest absolute Gasteiger partial charge is 1.00 e. The first-order valence-corrected chi connectivity index (χ1v) is 6.76. The van der Waals surface area contributed by atoms with Crippen LogP contribution in [0.25, 0.3) is 0 Å². The molecule has 0 spiro atoms. The summed E-state index contributed by atoms with van der Waals surface area (Å²) in [7, 11) is 1.52. The van der Waals surface area contributed by atoms with E-state index < -0.39 is 11.9 Å². The molecule has 7 heteroatoms. The Kier molecular flexibility index (Phi) is 6.59. The Morgan fingerprint density at radius 2 is 1.82 bits per heavy atom. The zero-order chi connectivity index (χ0) is 15.6. The average molecular weight is 312 g/mol. The Morgan fingerprint density at radius 3 is 2.36 bits per heavy atom. The van der Waals surface area contributed by atoms with Crippen molar-refractivity contribution in [1.29, 1.82) is 0 Å². The number of rotatable bonds is 4. The number of hydrogen-bond donors (Lipinski definition) is 2. The molecule has 0 heterocycles. The Morgan fingerprint density at radius 1 is 1.18 bits per heavy atom. The van der Waals surface area contributed by atoms with Crippen LogP contribution in [-0.4, -0.2) is 24.8 Å². The minimum atomic E-state index is -1.11. The fourth-order valence-corrected chi connectivity index (χ4v) is 2.35. The van der Waals surface area contributed by atoms with Crippen molar-refractivity contribution in [2.45, 2.75) is 19.8 Å². The van der Waals surface area contributed by atoms with Gasteiger partial charge in [0.1, 0.15) is 0 Å². The normalized spacial score (nSPS) is 19.4. The van der Waals surface area contributed by atoms with Crippen molar-refractivity contribution in [2.24, 2.45) is 11.8 Å². The van der Waals surface area contributed by atoms with Crippen LogP contribution in [0, 0.1) is 18.8 Å². The third-order valence-corrected chi connectivity index (χ3v) is 3.75. The van der Waals surface area contributed by atoms with Crippen molar-refractivity contribution in [3.63, 3.8) is 0 Å². The quantitative estimate of drug-likeness (QED) is 0.582. The molecule has 0 bridgehead atoms. The SMILES string of the molecule is CNC(=O)c1cc(C)ccc1NC(=O)C1CC(C(=O)[O-])C1.[Na+]. The maximum atomic E-state index is 12.1. The van der Waals surface area contributed by atoms with E-state index in [-0.39, 0.29) is 60.1 Å². The molecule has 0 unspecified atom stereocenters. The summed E-state index contributed by atoms with van der Waals surface area (Å²) < 4.78 is 0. The maximum absolute atomic E-state index is 12.1. The van der Waals surface area contributed by atoms with Crippen LogP contribution in [0.4, 0.5) is 5.69 Å². The standard InChI is InChI=1S/C15H18N2O4.Na/c1-8-3-4-12(11(5-8)14(19)16-2)17-13(18)9-6-10(7-9)15(20)21;/h3-5,9-10H,6-7H2,1-2H3,(H,16,19)(H,17,18)(H,20,21);/q;+1/p-1. The summed E-state index contributed by atoms with van der Waals surface area (Å²) in [6, 6.07) is 5.17. The Hall–Kier alpha value is -1.37. The van der Waals surface area contributed by atoms with Crippen LogP contribution in [0.2, 0.25) is 0 Å². The van der Waals surface area contributed by atoms with E-state index in [4.69, 9.17) is 0 Å². The third-order valence-electron chi connectivity index (χ3n) is 3.75. The summed E-state index contributed by atoms with van der Waals surface area (Å²) in [6.07, 6.45) is 0.574. The molecule has 1 fully saturated rings. The molecule has 1 aromatic rings. The smallest absolute Gasteiger partial charge is 0.550 e. The van der Waals surface area contributed by atoms with Crippen molar-refractivity contribution in [3.8, 4) is 0 Å². The van der Waals surface area contributed by atoms with Crippen LogP contribution >= 0.6 is 0 Å². The predicted molar refractivity (Wildman–Crippen MR) is 74.4 cm³/mol. The molecule has 2 N–H and O–H groups in total. The second-order valence-electron chi connectivity index (χ2n) is 5.30. The number of carbonyl (C=O) groups is 3. The topological polar surface area (TPSA) is 98.3 Å². The van der Waals surface area contributed by atoms with Crippen LogP contribution in [0.1, 0.15) is 28.8 Å². The number of aliphatic carboxylic acids is 1. The van der Waals surface area contributed by atoms with Crippen LogP contribution in [-0.2, 0) is 9.59 Å². The predicted octanol–water partition coefficient (Wildman–Crippen LogP) is -2.93. The van der Waals surface area contributed by atoms with Crippen molar-refractivity contribution in [2.75, 3.05) is 12.4 Å². The van der Waals surface area contributed by atoms with Crippen molar-refractivity contribution < 1.29 is 49.0 Å². The van der Waals surface area contributed by atoms with Gasteiger partial charge in [-0.15, -0.1) is 0 Å². The van der Waals surface area contributed by atoms with Gasteiger partial charge in [0.05, 0.1) is 11.3 Å². The van der Waals surface area contributed by atoms with E-state index in [1.165, 1.54) is 7.05 Å². The molecule has 2 amide bonds. The van der Waals surface area contributed by atoms with Crippen molar-refractivity contribution in [1.82, 2.24) is 5.32 Å². The maximum Gasteiger partial charge on any atom is 1.00 e. The zero-order valence-electron chi connectivity index (χ0n) is 12.9. The fourth-order valence-electron chi connectivity index (χ4n) is 2.35. The molecule has 2 rings (SSSR count). The van der Waals surface area contributed by atoms with E-state index in [9.17, 15) is 19.5 Å². The minimum Gasteiger partial charge on any atom is -0.550 e. The number of hydrogen-bond acceptors (Lipinski definition) is 4. The van der Waals surface area contributed by atoms with Gasteiger partial charge in [0.15, 0.2) is 0 Å². The van der Waals surface area contributed by atoms with E-state index in [0.717, 1.165) is 5.56 Å². The first kappa shape index (κ1) is 18.7. The van der Waals surface area contributed by atoms with Gasteiger partial charge in [0.2, 0.25) is 5.91 Å². The number of nitrogens with one attached hydrogen (secondary N) is 2. The summed E-state index contributed by atoms with van der Waals surface area (Å²) in [5, 5.41) is 15.9. The van der Waals surface area contributed by atoms with Gasteiger partial charge in [-0.3, -0.25) is 9.59 Å². The van der Waals surface area contributed by atoms with Gasteiger partial charge >= 0.3 is 29.6 Å².